The lowest BCUT2D eigenvalue weighted by Gasteiger charge is -1.96. The summed E-state index contributed by atoms with van der Waals surface area (Å²) in [5.41, 5.74) is 7.21. The first-order chi connectivity index (χ1) is 10.7. The zero-order valence-corrected chi connectivity index (χ0v) is 13.5. The number of benzene rings is 1. The highest BCUT2D eigenvalue weighted by atomic mass is 79.9. The van der Waals surface area contributed by atoms with Crippen LogP contribution < -0.4 is 11.3 Å². The molecule has 1 aromatic carbocycles. The van der Waals surface area contributed by atoms with Gasteiger partial charge in [0.05, 0.1) is 0 Å². The van der Waals surface area contributed by atoms with Gasteiger partial charge >= 0.3 is 0 Å². The number of hydrogen-bond acceptors (Lipinski definition) is 6. The summed E-state index contributed by atoms with van der Waals surface area (Å²) in [5, 5.41) is 3.40. The van der Waals surface area contributed by atoms with E-state index in [4.69, 9.17) is 10.2 Å². The standard InChI is InChI=1S/C14H9BrN4O2S/c15-6-1-2-9-7(3-6)11-12(21-9)14(20)19-13(18-11)8-5-22-10(4-16)17-8/h1-3,5H,4,16H2,(H,18,19,20). The minimum Gasteiger partial charge on any atom is -0.449 e. The number of nitrogens with one attached hydrogen (secondary N) is 1. The zero-order chi connectivity index (χ0) is 15.3. The van der Waals surface area contributed by atoms with Gasteiger partial charge in [-0.1, -0.05) is 15.9 Å². The van der Waals surface area contributed by atoms with Gasteiger partial charge in [-0.05, 0) is 18.2 Å². The average Bonchev–Trinajstić information content (AvgIpc) is 3.12. The van der Waals surface area contributed by atoms with Crippen molar-refractivity contribution in [1.29, 1.82) is 0 Å². The van der Waals surface area contributed by atoms with Crippen molar-refractivity contribution in [3.05, 3.63) is 43.4 Å². The molecule has 0 aliphatic heterocycles. The van der Waals surface area contributed by atoms with E-state index in [2.05, 4.69) is 30.9 Å². The van der Waals surface area contributed by atoms with E-state index in [1.807, 2.05) is 17.5 Å². The Labute approximate surface area is 136 Å². The highest BCUT2D eigenvalue weighted by Crippen LogP contribution is 2.29. The SMILES string of the molecule is NCc1nc(-c2nc3c(oc4ccc(Br)cc43)c(=O)[nH]2)cs1. The van der Waals surface area contributed by atoms with Crippen LogP contribution in [-0.4, -0.2) is 15.0 Å². The molecule has 0 spiro atoms. The number of aromatic amines is 1. The van der Waals surface area contributed by atoms with Crippen molar-refractivity contribution in [2.75, 3.05) is 0 Å². The van der Waals surface area contributed by atoms with Crippen molar-refractivity contribution in [1.82, 2.24) is 15.0 Å². The second-order valence-corrected chi connectivity index (χ2v) is 6.52. The molecule has 0 aliphatic carbocycles. The van der Waals surface area contributed by atoms with Gasteiger partial charge in [0.25, 0.3) is 5.56 Å². The number of nitrogens with zero attached hydrogens (tertiary/aromatic N) is 2. The predicted octanol–water partition coefficient (Wildman–Crippen LogP) is 3.01. The van der Waals surface area contributed by atoms with Gasteiger partial charge in [-0.2, -0.15) is 0 Å². The van der Waals surface area contributed by atoms with Crippen LogP contribution in [0.3, 0.4) is 0 Å². The predicted molar refractivity (Wildman–Crippen MR) is 88.8 cm³/mol. The van der Waals surface area contributed by atoms with Gasteiger partial charge in [0.15, 0.2) is 5.82 Å². The third kappa shape index (κ3) is 2.07. The molecular formula is C14H9BrN4O2S. The second-order valence-electron chi connectivity index (χ2n) is 4.67. The van der Waals surface area contributed by atoms with E-state index in [1.165, 1.54) is 11.3 Å². The Kier molecular flexibility index (Phi) is 3.10. The van der Waals surface area contributed by atoms with Crippen LogP contribution >= 0.6 is 27.3 Å². The smallest absolute Gasteiger partial charge is 0.294 e. The molecule has 4 aromatic rings. The summed E-state index contributed by atoms with van der Waals surface area (Å²) in [6, 6.07) is 5.53. The normalized spacial score (nSPS) is 11.5. The van der Waals surface area contributed by atoms with E-state index in [1.54, 1.807) is 6.07 Å². The molecule has 0 fully saturated rings. The largest absolute Gasteiger partial charge is 0.449 e. The Hall–Kier alpha value is -2.03. The lowest BCUT2D eigenvalue weighted by molar-refractivity contribution is 0.661. The molecule has 22 heavy (non-hydrogen) atoms. The molecule has 0 unspecified atom stereocenters. The fourth-order valence-electron chi connectivity index (χ4n) is 2.26. The van der Waals surface area contributed by atoms with Gasteiger partial charge in [-0.15, -0.1) is 11.3 Å². The van der Waals surface area contributed by atoms with E-state index < -0.39 is 0 Å². The summed E-state index contributed by atoms with van der Waals surface area (Å²) in [6.07, 6.45) is 0. The summed E-state index contributed by atoms with van der Waals surface area (Å²) in [6.45, 7) is 0.360. The highest BCUT2D eigenvalue weighted by Gasteiger charge is 2.15. The van der Waals surface area contributed by atoms with Gasteiger partial charge in [-0.25, -0.2) is 9.97 Å². The Morgan fingerprint density at radius 3 is 3.00 bits per heavy atom. The van der Waals surface area contributed by atoms with Gasteiger partial charge in [0.1, 0.15) is 21.8 Å². The number of nitrogens with two attached hydrogens (primary N) is 1. The summed E-state index contributed by atoms with van der Waals surface area (Å²) in [7, 11) is 0. The van der Waals surface area contributed by atoms with Gasteiger partial charge in [-0.3, -0.25) is 4.79 Å². The molecule has 0 aliphatic rings. The van der Waals surface area contributed by atoms with Gasteiger partial charge in [0.2, 0.25) is 5.58 Å². The van der Waals surface area contributed by atoms with Crippen LogP contribution in [0.25, 0.3) is 33.6 Å². The van der Waals surface area contributed by atoms with Crippen molar-refractivity contribution in [2.45, 2.75) is 6.54 Å². The number of rotatable bonds is 2. The Morgan fingerprint density at radius 1 is 1.36 bits per heavy atom. The van der Waals surface area contributed by atoms with E-state index in [0.717, 1.165) is 14.9 Å². The average molecular weight is 377 g/mol. The van der Waals surface area contributed by atoms with Crippen LogP contribution in [0.1, 0.15) is 5.01 Å². The molecular weight excluding hydrogens is 368 g/mol. The maximum absolute atomic E-state index is 12.3. The summed E-state index contributed by atoms with van der Waals surface area (Å²) in [4.78, 5) is 23.8. The number of thiazole rings is 1. The summed E-state index contributed by atoms with van der Waals surface area (Å²) in [5.74, 6) is 0.413. The highest BCUT2D eigenvalue weighted by molar-refractivity contribution is 9.10. The van der Waals surface area contributed by atoms with Gasteiger partial charge < -0.3 is 15.1 Å². The zero-order valence-electron chi connectivity index (χ0n) is 11.1. The number of aromatic nitrogens is 3. The van der Waals surface area contributed by atoms with Crippen molar-refractivity contribution >= 4 is 49.3 Å². The molecule has 0 atom stereocenters. The maximum atomic E-state index is 12.3. The van der Waals surface area contributed by atoms with Crippen LogP contribution in [0.4, 0.5) is 0 Å². The molecule has 0 amide bonds. The van der Waals surface area contributed by atoms with Crippen LogP contribution in [0.15, 0.2) is 37.3 Å². The molecule has 0 radical (unpaired) electrons. The van der Waals surface area contributed by atoms with Crippen molar-refractivity contribution in [3.63, 3.8) is 0 Å². The van der Waals surface area contributed by atoms with Crippen molar-refractivity contribution in [2.24, 2.45) is 5.73 Å². The molecule has 4 rings (SSSR count). The number of H-pyrrole nitrogens is 1. The number of fused-ring (bicyclic) bond motifs is 3. The maximum Gasteiger partial charge on any atom is 0.294 e. The van der Waals surface area contributed by atoms with E-state index in [9.17, 15) is 4.79 Å². The molecule has 3 heterocycles. The lowest BCUT2D eigenvalue weighted by atomic mass is 10.2. The number of furan rings is 1. The molecule has 8 heteroatoms. The first kappa shape index (κ1) is 13.6. The molecule has 110 valence electrons. The topological polar surface area (TPSA) is 97.8 Å². The summed E-state index contributed by atoms with van der Waals surface area (Å²) >= 11 is 4.85. The van der Waals surface area contributed by atoms with Crippen LogP contribution in [0, 0.1) is 0 Å². The fraction of sp³-hybridized carbons (Fsp3) is 0.0714. The first-order valence-electron chi connectivity index (χ1n) is 6.42. The van der Waals surface area contributed by atoms with Crippen LogP contribution in [0.2, 0.25) is 0 Å². The van der Waals surface area contributed by atoms with Crippen molar-refractivity contribution < 1.29 is 4.42 Å². The van der Waals surface area contributed by atoms with Crippen LogP contribution in [0.5, 0.6) is 0 Å². The molecule has 0 saturated heterocycles. The summed E-state index contributed by atoms with van der Waals surface area (Å²) < 4.78 is 6.48. The third-order valence-electron chi connectivity index (χ3n) is 3.25. The third-order valence-corrected chi connectivity index (χ3v) is 4.62. The molecule has 0 bridgehead atoms. The Bertz CT molecular complexity index is 1070. The molecule has 3 aromatic heterocycles. The lowest BCUT2D eigenvalue weighted by Crippen LogP contribution is -2.08. The quantitative estimate of drug-likeness (QED) is 0.560. The molecule has 3 N–H and O–H groups in total. The first-order valence-corrected chi connectivity index (χ1v) is 8.10. The minimum atomic E-state index is -0.324. The Balaban J connectivity index is 2.03. The van der Waals surface area contributed by atoms with Gasteiger partial charge in [0, 0.05) is 21.8 Å². The van der Waals surface area contributed by atoms with Crippen molar-refractivity contribution in [3.8, 4) is 11.5 Å². The number of hydrogen-bond donors (Lipinski definition) is 2. The van der Waals surface area contributed by atoms with E-state index in [-0.39, 0.29) is 11.1 Å². The molecule has 0 saturated carbocycles. The fourth-order valence-corrected chi connectivity index (χ4v) is 3.28. The number of halogens is 1. The second kappa shape index (κ2) is 5.01. The minimum absolute atomic E-state index is 0.214. The Morgan fingerprint density at radius 2 is 2.23 bits per heavy atom. The van der Waals surface area contributed by atoms with E-state index >= 15 is 0 Å². The van der Waals surface area contributed by atoms with Crippen LogP contribution in [-0.2, 0) is 6.54 Å². The molecule has 6 nitrogen and oxygen atoms in total. The van der Waals surface area contributed by atoms with E-state index in [0.29, 0.717) is 29.2 Å². The monoisotopic (exact) mass is 376 g/mol.